The molecule has 0 aliphatic rings. The molecule has 0 fully saturated rings. The number of halogens is 1. The minimum atomic E-state index is -2.04. The summed E-state index contributed by atoms with van der Waals surface area (Å²) in [6, 6.07) is 12.7. The fourth-order valence-corrected chi connectivity index (χ4v) is 2.62. The molecule has 0 aromatic heterocycles. The Morgan fingerprint density at radius 1 is 1.00 bits per heavy atom. The lowest BCUT2D eigenvalue weighted by Gasteiger charge is -2.11. The number of carbonyl (C=O) groups excluding carboxylic acids is 2. The SMILES string of the molecule is CCOP(OF)OCc1ccc(OC(=O)c2ccccc2OC(C)=O)cc1. The van der Waals surface area contributed by atoms with E-state index in [9.17, 15) is 14.1 Å². The smallest absolute Gasteiger partial charge is 0.369 e. The summed E-state index contributed by atoms with van der Waals surface area (Å²) in [6.45, 7) is 3.27. The number of rotatable bonds is 9. The fraction of sp³-hybridized carbons (Fsp3) is 0.222. The van der Waals surface area contributed by atoms with Crippen LogP contribution in [-0.2, 0) is 25.2 Å². The minimum Gasteiger partial charge on any atom is -0.426 e. The molecule has 27 heavy (non-hydrogen) atoms. The minimum absolute atomic E-state index is 0.0686. The molecule has 0 aliphatic carbocycles. The van der Waals surface area contributed by atoms with Gasteiger partial charge in [-0.1, -0.05) is 24.3 Å². The molecule has 0 bridgehead atoms. The van der Waals surface area contributed by atoms with Crippen LogP contribution >= 0.6 is 8.60 Å². The summed E-state index contributed by atoms with van der Waals surface area (Å²) in [6.07, 6.45) is 0. The van der Waals surface area contributed by atoms with E-state index in [1.807, 2.05) is 0 Å². The molecule has 0 aliphatic heterocycles. The quantitative estimate of drug-likeness (QED) is 0.350. The van der Waals surface area contributed by atoms with Gasteiger partial charge in [-0.3, -0.25) is 4.79 Å². The Balaban J connectivity index is 1.98. The summed E-state index contributed by atoms with van der Waals surface area (Å²) in [7, 11) is -2.04. The lowest BCUT2D eigenvalue weighted by Crippen LogP contribution is -2.12. The van der Waals surface area contributed by atoms with Gasteiger partial charge in [0, 0.05) is 6.92 Å². The summed E-state index contributed by atoms with van der Waals surface area (Å²) >= 11 is 0. The Bertz CT molecular complexity index is 767. The number of hydrogen-bond donors (Lipinski definition) is 0. The first-order valence-electron chi connectivity index (χ1n) is 7.96. The molecular formula is C18H18FO7P. The zero-order valence-electron chi connectivity index (χ0n) is 14.7. The van der Waals surface area contributed by atoms with Crippen molar-refractivity contribution in [2.75, 3.05) is 6.61 Å². The van der Waals surface area contributed by atoms with Crippen LogP contribution in [0.1, 0.15) is 29.8 Å². The van der Waals surface area contributed by atoms with Crippen LogP contribution in [0, 0.1) is 0 Å². The van der Waals surface area contributed by atoms with Crippen LogP contribution in [0.4, 0.5) is 4.53 Å². The molecule has 0 radical (unpaired) electrons. The Kier molecular flexibility index (Phi) is 8.29. The van der Waals surface area contributed by atoms with Gasteiger partial charge in [0.25, 0.3) is 0 Å². The Morgan fingerprint density at radius 3 is 2.33 bits per heavy atom. The third kappa shape index (κ3) is 6.69. The number of benzene rings is 2. The molecule has 1 unspecified atom stereocenters. The molecule has 2 aromatic rings. The average molecular weight is 396 g/mol. The topological polar surface area (TPSA) is 80.3 Å². The van der Waals surface area contributed by atoms with Gasteiger partial charge in [0.05, 0.1) is 13.2 Å². The van der Waals surface area contributed by atoms with Crippen LogP contribution in [-0.4, -0.2) is 18.5 Å². The highest BCUT2D eigenvalue weighted by Crippen LogP contribution is 2.40. The van der Waals surface area contributed by atoms with E-state index in [0.717, 1.165) is 0 Å². The third-order valence-corrected chi connectivity index (χ3v) is 4.04. The van der Waals surface area contributed by atoms with E-state index in [4.69, 9.17) is 18.5 Å². The largest absolute Gasteiger partial charge is 0.426 e. The van der Waals surface area contributed by atoms with Crippen molar-refractivity contribution in [3.8, 4) is 11.5 Å². The van der Waals surface area contributed by atoms with Gasteiger partial charge in [0.15, 0.2) is 0 Å². The maximum Gasteiger partial charge on any atom is 0.369 e. The Labute approximate surface area is 156 Å². The van der Waals surface area contributed by atoms with Crippen molar-refractivity contribution in [2.24, 2.45) is 0 Å². The summed E-state index contributed by atoms with van der Waals surface area (Å²) < 4.78 is 36.2. The van der Waals surface area contributed by atoms with Crippen LogP contribution in [0.5, 0.6) is 11.5 Å². The summed E-state index contributed by atoms with van der Waals surface area (Å²) in [5.74, 6) is -0.795. The monoisotopic (exact) mass is 396 g/mol. The van der Waals surface area contributed by atoms with Gasteiger partial charge >= 0.3 is 20.5 Å². The first-order valence-corrected chi connectivity index (χ1v) is 9.06. The van der Waals surface area contributed by atoms with E-state index in [0.29, 0.717) is 5.56 Å². The molecule has 7 nitrogen and oxygen atoms in total. The van der Waals surface area contributed by atoms with E-state index in [2.05, 4.69) is 4.73 Å². The number of carbonyl (C=O) groups is 2. The zero-order valence-corrected chi connectivity index (χ0v) is 15.6. The molecular weight excluding hydrogens is 378 g/mol. The van der Waals surface area contributed by atoms with Crippen LogP contribution in [0.25, 0.3) is 0 Å². The maximum atomic E-state index is 12.3. The van der Waals surface area contributed by atoms with Gasteiger partial charge in [0.2, 0.25) is 0 Å². The van der Waals surface area contributed by atoms with Gasteiger partial charge in [-0.15, -0.1) is 4.73 Å². The molecule has 0 saturated heterocycles. The molecule has 0 heterocycles. The van der Waals surface area contributed by atoms with Crippen molar-refractivity contribution in [1.29, 1.82) is 0 Å². The van der Waals surface area contributed by atoms with Crippen LogP contribution in [0.3, 0.4) is 0 Å². The second kappa shape index (κ2) is 10.7. The van der Waals surface area contributed by atoms with E-state index >= 15 is 0 Å². The summed E-state index contributed by atoms with van der Waals surface area (Å²) in [5.41, 5.74) is 0.835. The van der Waals surface area contributed by atoms with Gasteiger partial charge in [0.1, 0.15) is 17.1 Å². The Hall–Kier alpha value is -2.38. The lowest BCUT2D eigenvalue weighted by atomic mass is 10.2. The number of esters is 2. The molecule has 1 atom stereocenters. The summed E-state index contributed by atoms with van der Waals surface area (Å²) in [4.78, 5) is 23.4. The lowest BCUT2D eigenvalue weighted by molar-refractivity contribution is -0.131. The molecule has 0 spiro atoms. The molecule has 0 N–H and O–H groups in total. The van der Waals surface area contributed by atoms with Gasteiger partial charge in [-0.05, 0) is 41.3 Å². The summed E-state index contributed by atoms with van der Waals surface area (Å²) in [5, 5.41) is 0. The zero-order chi connectivity index (χ0) is 19.6. The van der Waals surface area contributed by atoms with E-state index in [1.54, 1.807) is 43.3 Å². The number of para-hydroxylation sites is 1. The van der Waals surface area contributed by atoms with Crippen LogP contribution < -0.4 is 9.47 Å². The highest BCUT2D eigenvalue weighted by molar-refractivity contribution is 7.41. The van der Waals surface area contributed by atoms with Crippen molar-refractivity contribution in [3.63, 3.8) is 0 Å². The molecule has 9 heteroatoms. The highest BCUT2D eigenvalue weighted by Gasteiger charge is 2.16. The van der Waals surface area contributed by atoms with Crippen molar-refractivity contribution in [2.45, 2.75) is 20.5 Å². The van der Waals surface area contributed by atoms with Crippen molar-refractivity contribution in [3.05, 3.63) is 59.7 Å². The van der Waals surface area contributed by atoms with Crippen LogP contribution in [0.2, 0.25) is 0 Å². The van der Waals surface area contributed by atoms with Crippen molar-refractivity contribution >= 4 is 20.5 Å². The standard InChI is InChI=1S/C18H18FO7P/c1-3-22-27(26-19)23-12-14-8-10-15(11-9-14)25-18(21)16-6-4-5-7-17(16)24-13(2)20/h4-11H,3,12H2,1-2H3. The van der Waals surface area contributed by atoms with Gasteiger partial charge < -0.3 is 18.5 Å². The molecule has 2 rings (SSSR count). The highest BCUT2D eigenvalue weighted by atomic mass is 31.2. The van der Waals surface area contributed by atoms with Gasteiger partial charge in [-0.25, -0.2) is 4.79 Å². The van der Waals surface area contributed by atoms with Crippen LogP contribution in [0.15, 0.2) is 48.5 Å². The number of ether oxygens (including phenoxy) is 2. The fourth-order valence-electron chi connectivity index (χ4n) is 2.00. The predicted molar refractivity (Wildman–Crippen MR) is 94.7 cm³/mol. The van der Waals surface area contributed by atoms with Crippen molar-refractivity contribution in [1.82, 2.24) is 0 Å². The van der Waals surface area contributed by atoms with Gasteiger partial charge in [-0.2, -0.15) is 0 Å². The first-order chi connectivity index (χ1) is 13.0. The second-order valence-corrected chi connectivity index (χ2v) is 6.21. The first kappa shape index (κ1) is 20.9. The van der Waals surface area contributed by atoms with Crippen molar-refractivity contribution < 1.29 is 37.4 Å². The third-order valence-electron chi connectivity index (χ3n) is 3.12. The molecule has 144 valence electrons. The normalized spacial score (nSPS) is 11.7. The Morgan fingerprint density at radius 2 is 1.70 bits per heavy atom. The molecule has 0 amide bonds. The molecule has 0 saturated carbocycles. The van der Waals surface area contributed by atoms with E-state index in [-0.39, 0.29) is 30.3 Å². The van der Waals surface area contributed by atoms with E-state index in [1.165, 1.54) is 19.1 Å². The maximum absolute atomic E-state index is 12.3. The predicted octanol–water partition coefficient (Wildman–Crippen LogP) is 4.51. The second-order valence-electron chi connectivity index (χ2n) is 5.11. The van der Waals surface area contributed by atoms with E-state index < -0.39 is 20.5 Å². The molecule has 2 aromatic carbocycles. The average Bonchev–Trinajstić information content (AvgIpc) is 2.66. The number of hydrogen-bond acceptors (Lipinski definition) is 7.